The molecular formula is C20H18Cl2N2O. The van der Waals surface area contributed by atoms with E-state index in [1.54, 1.807) is 7.11 Å². The number of hydrogen-bond acceptors (Lipinski definition) is 3. The van der Waals surface area contributed by atoms with E-state index >= 15 is 0 Å². The number of aromatic nitrogens is 1. The van der Waals surface area contributed by atoms with Gasteiger partial charge in [0.1, 0.15) is 11.6 Å². The van der Waals surface area contributed by atoms with Crippen LogP contribution in [-0.4, -0.2) is 25.2 Å². The van der Waals surface area contributed by atoms with Crippen LogP contribution in [0.25, 0.3) is 22.0 Å². The maximum absolute atomic E-state index is 6.48. The van der Waals surface area contributed by atoms with Gasteiger partial charge in [0.05, 0.1) is 22.7 Å². The summed E-state index contributed by atoms with van der Waals surface area (Å²) in [6.07, 6.45) is 2.39. The fourth-order valence-electron chi connectivity index (χ4n) is 3.34. The molecular weight excluding hydrogens is 355 g/mol. The van der Waals surface area contributed by atoms with Crippen LogP contribution in [0.2, 0.25) is 10.0 Å². The molecule has 0 aliphatic carbocycles. The van der Waals surface area contributed by atoms with Crippen LogP contribution >= 0.6 is 23.2 Å². The Morgan fingerprint density at radius 1 is 1.00 bits per heavy atom. The molecule has 0 saturated carbocycles. The molecule has 0 N–H and O–H groups in total. The maximum atomic E-state index is 6.48. The van der Waals surface area contributed by atoms with E-state index in [1.165, 1.54) is 12.8 Å². The van der Waals surface area contributed by atoms with Crippen LogP contribution in [0.5, 0.6) is 5.75 Å². The molecule has 5 heteroatoms. The van der Waals surface area contributed by atoms with Crippen molar-refractivity contribution in [2.75, 3.05) is 25.1 Å². The molecule has 2 aromatic carbocycles. The highest BCUT2D eigenvalue weighted by molar-refractivity contribution is 6.45. The predicted molar refractivity (Wildman–Crippen MR) is 105 cm³/mol. The third-order valence-corrected chi connectivity index (χ3v) is 5.48. The van der Waals surface area contributed by atoms with Crippen molar-refractivity contribution >= 4 is 39.9 Å². The first-order valence-electron chi connectivity index (χ1n) is 8.35. The molecule has 1 fully saturated rings. The zero-order valence-corrected chi connectivity index (χ0v) is 15.4. The first kappa shape index (κ1) is 16.5. The highest BCUT2D eigenvalue weighted by Crippen LogP contribution is 2.38. The van der Waals surface area contributed by atoms with E-state index in [1.807, 2.05) is 24.3 Å². The average molecular weight is 373 g/mol. The lowest BCUT2D eigenvalue weighted by Gasteiger charge is -2.19. The molecule has 1 aliphatic rings. The molecule has 0 radical (unpaired) electrons. The summed E-state index contributed by atoms with van der Waals surface area (Å²) in [5.74, 6) is 1.79. The Morgan fingerprint density at radius 2 is 1.72 bits per heavy atom. The van der Waals surface area contributed by atoms with Crippen LogP contribution in [0.4, 0.5) is 5.82 Å². The fourth-order valence-corrected chi connectivity index (χ4v) is 3.70. The Hall–Kier alpha value is -1.97. The van der Waals surface area contributed by atoms with Crippen LogP contribution in [0, 0.1) is 0 Å². The van der Waals surface area contributed by atoms with E-state index < -0.39 is 0 Å². The van der Waals surface area contributed by atoms with Gasteiger partial charge in [0.2, 0.25) is 0 Å². The summed E-state index contributed by atoms with van der Waals surface area (Å²) in [6.45, 7) is 2.05. The number of pyridine rings is 1. The molecule has 3 nitrogen and oxygen atoms in total. The topological polar surface area (TPSA) is 25.4 Å². The van der Waals surface area contributed by atoms with E-state index in [9.17, 15) is 0 Å². The van der Waals surface area contributed by atoms with Gasteiger partial charge in [-0.2, -0.15) is 0 Å². The van der Waals surface area contributed by atoms with Crippen molar-refractivity contribution in [2.45, 2.75) is 12.8 Å². The average Bonchev–Trinajstić information content (AvgIpc) is 3.19. The largest absolute Gasteiger partial charge is 0.497 e. The molecule has 128 valence electrons. The highest BCUT2D eigenvalue weighted by atomic mass is 35.5. The van der Waals surface area contributed by atoms with Gasteiger partial charge >= 0.3 is 0 Å². The molecule has 1 aliphatic heterocycles. The number of anilines is 1. The Labute approximate surface area is 157 Å². The summed E-state index contributed by atoms with van der Waals surface area (Å²) < 4.78 is 5.27. The van der Waals surface area contributed by atoms with E-state index in [2.05, 4.69) is 23.1 Å². The van der Waals surface area contributed by atoms with Crippen LogP contribution < -0.4 is 9.64 Å². The van der Waals surface area contributed by atoms with Gasteiger partial charge in [-0.05, 0) is 48.2 Å². The summed E-state index contributed by atoms with van der Waals surface area (Å²) in [5.41, 5.74) is 2.96. The number of benzene rings is 2. The minimum absolute atomic E-state index is 0.509. The zero-order valence-electron chi connectivity index (χ0n) is 13.9. The van der Waals surface area contributed by atoms with Crippen molar-refractivity contribution in [3.63, 3.8) is 0 Å². The lowest BCUT2D eigenvalue weighted by atomic mass is 10.0. The summed E-state index contributed by atoms with van der Waals surface area (Å²) in [7, 11) is 1.67. The van der Waals surface area contributed by atoms with E-state index in [4.69, 9.17) is 32.9 Å². The number of halogens is 2. The van der Waals surface area contributed by atoms with Crippen LogP contribution in [0.15, 0.2) is 42.5 Å². The van der Waals surface area contributed by atoms with Crippen molar-refractivity contribution in [1.29, 1.82) is 0 Å². The standard InChI is InChI=1S/C20H18Cl2N2O/c1-25-14-6-4-13(5-7-14)16-12-18(24-10-2-3-11-24)23-20-15(16)8-9-17(21)19(20)22/h4-9,12H,2-3,10-11H2,1H3. The molecule has 0 bridgehead atoms. The molecule has 1 saturated heterocycles. The SMILES string of the molecule is COc1ccc(-c2cc(N3CCCC3)nc3c(Cl)c(Cl)ccc23)cc1. The molecule has 0 atom stereocenters. The number of hydrogen-bond donors (Lipinski definition) is 0. The second-order valence-corrected chi connectivity index (χ2v) is 6.99. The molecule has 25 heavy (non-hydrogen) atoms. The molecule has 0 unspecified atom stereocenters. The van der Waals surface area contributed by atoms with Gasteiger partial charge in [0.25, 0.3) is 0 Å². The second kappa shape index (κ2) is 6.74. The summed E-state index contributed by atoms with van der Waals surface area (Å²) in [6, 6.07) is 14.0. The zero-order chi connectivity index (χ0) is 17.4. The second-order valence-electron chi connectivity index (χ2n) is 6.21. The lowest BCUT2D eigenvalue weighted by molar-refractivity contribution is 0.415. The summed E-state index contributed by atoms with van der Waals surface area (Å²) >= 11 is 12.7. The molecule has 1 aromatic heterocycles. The molecule has 2 heterocycles. The quantitative estimate of drug-likeness (QED) is 0.579. The third-order valence-electron chi connectivity index (χ3n) is 4.69. The monoisotopic (exact) mass is 372 g/mol. The summed E-state index contributed by atoms with van der Waals surface area (Å²) in [4.78, 5) is 7.13. The van der Waals surface area contributed by atoms with E-state index in [-0.39, 0.29) is 0 Å². The van der Waals surface area contributed by atoms with Gasteiger partial charge in [-0.25, -0.2) is 4.98 Å². The van der Waals surface area contributed by atoms with Crippen LogP contribution in [0.1, 0.15) is 12.8 Å². The van der Waals surface area contributed by atoms with E-state index in [0.29, 0.717) is 10.0 Å². The van der Waals surface area contributed by atoms with Gasteiger partial charge in [0, 0.05) is 18.5 Å². The van der Waals surface area contributed by atoms with Crippen molar-refractivity contribution in [3.8, 4) is 16.9 Å². The minimum atomic E-state index is 0.509. The molecule has 0 amide bonds. The van der Waals surface area contributed by atoms with E-state index in [0.717, 1.165) is 46.7 Å². The smallest absolute Gasteiger partial charge is 0.129 e. The van der Waals surface area contributed by atoms with Gasteiger partial charge in [0.15, 0.2) is 0 Å². The van der Waals surface area contributed by atoms with Crippen LogP contribution in [-0.2, 0) is 0 Å². The van der Waals surface area contributed by atoms with Gasteiger partial charge in [-0.1, -0.05) is 41.4 Å². The van der Waals surface area contributed by atoms with Crippen LogP contribution in [0.3, 0.4) is 0 Å². The van der Waals surface area contributed by atoms with Crippen molar-refractivity contribution in [3.05, 3.63) is 52.5 Å². The molecule has 4 rings (SSSR count). The highest BCUT2D eigenvalue weighted by Gasteiger charge is 2.18. The third kappa shape index (κ3) is 3.03. The van der Waals surface area contributed by atoms with Crippen molar-refractivity contribution < 1.29 is 4.74 Å². The Morgan fingerprint density at radius 3 is 2.40 bits per heavy atom. The summed E-state index contributed by atoms with van der Waals surface area (Å²) in [5, 5.41) is 2.04. The first-order valence-corrected chi connectivity index (χ1v) is 9.11. The molecule has 0 spiro atoms. The number of ether oxygens (including phenoxy) is 1. The Kier molecular flexibility index (Phi) is 4.45. The van der Waals surface area contributed by atoms with Crippen molar-refractivity contribution in [1.82, 2.24) is 4.98 Å². The predicted octanol–water partition coefficient (Wildman–Crippen LogP) is 5.82. The number of methoxy groups -OCH3 is 1. The molecule has 3 aromatic rings. The van der Waals surface area contributed by atoms with Gasteiger partial charge < -0.3 is 9.64 Å². The fraction of sp³-hybridized carbons (Fsp3) is 0.250. The Balaban J connectivity index is 1.95. The lowest BCUT2D eigenvalue weighted by Crippen LogP contribution is -2.19. The van der Waals surface area contributed by atoms with Gasteiger partial charge in [-0.3, -0.25) is 0 Å². The number of rotatable bonds is 3. The van der Waals surface area contributed by atoms with Crippen molar-refractivity contribution in [2.24, 2.45) is 0 Å². The first-order chi connectivity index (χ1) is 12.2. The minimum Gasteiger partial charge on any atom is -0.497 e. The van der Waals surface area contributed by atoms with Gasteiger partial charge in [-0.15, -0.1) is 0 Å². The Bertz CT molecular complexity index is 919. The number of nitrogens with zero attached hydrogens (tertiary/aromatic N) is 2. The maximum Gasteiger partial charge on any atom is 0.129 e. The number of fused-ring (bicyclic) bond motifs is 1. The normalized spacial score (nSPS) is 14.3.